The summed E-state index contributed by atoms with van der Waals surface area (Å²) in [6, 6.07) is 15.6. The molecule has 0 radical (unpaired) electrons. The first kappa shape index (κ1) is 15.9. The number of hydrogen-bond acceptors (Lipinski definition) is 5. The Morgan fingerprint density at radius 2 is 1.58 bits per heavy atom. The van der Waals surface area contributed by atoms with Gasteiger partial charge in [0, 0.05) is 5.56 Å². The quantitative estimate of drug-likeness (QED) is 0.868. The second-order valence-corrected chi connectivity index (χ2v) is 5.44. The monoisotopic (exact) mass is 327 g/mol. The molecule has 124 valence electrons. The molecule has 0 saturated heterocycles. The van der Waals surface area contributed by atoms with Crippen LogP contribution in [0.15, 0.2) is 54.6 Å². The summed E-state index contributed by atoms with van der Waals surface area (Å²) in [5.41, 5.74) is 5.87. The van der Waals surface area contributed by atoms with Gasteiger partial charge in [0.2, 0.25) is 12.2 Å². The minimum atomic E-state index is -1.17. The van der Waals surface area contributed by atoms with Gasteiger partial charge in [-0.15, -0.1) is 0 Å². The van der Waals surface area contributed by atoms with Gasteiger partial charge in [-0.2, -0.15) is 0 Å². The van der Waals surface area contributed by atoms with Gasteiger partial charge in [-0.25, -0.2) is 4.79 Å². The van der Waals surface area contributed by atoms with E-state index in [-0.39, 0.29) is 0 Å². The highest BCUT2D eigenvalue weighted by atomic mass is 16.6. The molecule has 3 atom stereocenters. The van der Waals surface area contributed by atoms with E-state index in [2.05, 4.69) is 0 Å². The molecule has 0 spiro atoms. The number of benzene rings is 2. The molecule has 0 saturated carbocycles. The van der Waals surface area contributed by atoms with E-state index < -0.39 is 30.2 Å². The zero-order valence-electron chi connectivity index (χ0n) is 13.0. The van der Waals surface area contributed by atoms with Gasteiger partial charge >= 0.3 is 5.97 Å². The molecule has 0 aromatic heterocycles. The van der Waals surface area contributed by atoms with Crippen LogP contribution in [0.5, 0.6) is 11.5 Å². The standard InChI is InChI=1S/C18H17NO5/c1-11-15(23-14-10-6-5-9-13(14)22-11)18(21)24-16(17(19)20)12-7-3-2-4-8-12/h2-11,15-16H,1H3,(H2,19,20)/t11-,15-,16-/m0/s1. The van der Waals surface area contributed by atoms with E-state index in [0.717, 1.165) is 0 Å². The number of ether oxygens (including phenoxy) is 3. The minimum Gasteiger partial charge on any atom is -0.482 e. The molecule has 0 fully saturated rings. The van der Waals surface area contributed by atoms with Crippen LogP contribution in [0.25, 0.3) is 0 Å². The predicted molar refractivity (Wildman–Crippen MR) is 85.4 cm³/mol. The van der Waals surface area contributed by atoms with Gasteiger partial charge in [0.15, 0.2) is 11.5 Å². The Hall–Kier alpha value is -3.02. The van der Waals surface area contributed by atoms with Crippen molar-refractivity contribution >= 4 is 11.9 Å². The van der Waals surface area contributed by atoms with E-state index in [9.17, 15) is 9.59 Å². The Balaban J connectivity index is 1.77. The van der Waals surface area contributed by atoms with Crippen molar-refractivity contribution in [2.24, 2.45) is 5.73 Å². The van der Waals surface area contributed by atoms with E-state index >= 15 is 0 Å². The molecule has 2 aromatic carbocycles. The van der Waals surface area contributed by atoms with Crippen molar-refractivity contribution in [3.05, 3.63) is 60.2 Å². The van der Waals surface area contributed by atoms with Crippen molar-refractivity contribution in [2.45, 2.75) is 25.2 Å². The largest absolute Gasteiger partial charge is 0.482 e. The molecule has 0 bridgehead atoms. The van der Waals surface area contributed by atoms with Crippen molar-refractivity contribution in [2.75, 3.05) is 0 Å². The fourth-order valence-corrected chi connectivity index (χ4v) is 2.48. The summed E-state index contributed by atoms with van der Waals surface area (Å²) in [6.45, 7) is 1.70. The van der Waals surface area contributed by atoms with Gasteiger partial charge in [-0.05, 0) is 19.1 Å². The Labute approximate surface area is 139 Å². The Bertz CT molecular complexity index is 746. The number of amides is 1. The van der Waals surface area contributed by atoms with Crippen LogP contribution in [0, 0.1) is 0 Å². The first-order valence-electron chi connectivity index (χ1n) is 7.53. The van der Waals surface area contributed by atoms with Crippen LogP contribution in [0.2, 0.25) is 0 Å². The number of esters is 1. The van der Waals surface area contributed by atoms with Crippen molar-refractivity contribution in [1.82, 2.24) is 0 Å². The highest BCUT2D eigenvalue weighted by molar-refractivity contribution is 5.85. The first-order valence-corrected chi connectivity index (χ1v) is 7.53. The molecule has 6 heteroatoms. The average Bonchev–Trinajstić information content (AvgIpc) is 2.59. The normalized spacial score (nSPS) is 20.0. The van der Waals surface area contributed by atoms with Crippen LogP contribution in [0.3, 0.4) is 0 Å². The molecule has 1 heterocycles. The SMILES string of the molecule is C[C@@H]1Oc2ccccc2O[C@@H]1C(=O)O[C@H](C(N)=O)c1ccccc1. The predicted octanol–water partition coefficient (Wildman–Crippen LogP) is 1.98. The van der Waals surface area contributed by atoms with Crippen LogP contribution < -0.4 is 15.2 Å². The van der Waals surface area contributed by atoms with Gasteiger partial charge in [0.1, 0.15) is 6.10 Å². The van der Waals surface area contributed by atoms with E-state index in [1.807, 2.05) is 6.07 Å². The number of para-hydroxylation sites is 2. The van der Waals surface area contributed by atoms with Crippen molar-refractivity contribution < 1.29 is 23.8 Å². The van der Waals surface area contributed by atoms with Crippen LogP contribution in [-0.4, -0.2) is 24.1 Å². The number of fused-ring (bicyclic) bond motifs is 1. The van der Waals surface area contributed by atoms with E-state index in [0.29, 0.717) is 17.1 Å². The summed E-state index contributed by atoms with van der Waals surface area (Å²) >= 11 is 0. The summed E-state index contributed by atoms with van der Waals surface area (Å²) in [5, 5.41) is 0. The molecule has 1 amide bonds. The van der Waals surface area contributed by atoms with Crippen LogP contribution in [0.4, 0.5) is 0 Å². The lowest BCUT2D eigenvalue weighted by atomic mass is 10.1. The summed E-state index contributed by atoms with van der Waals surface area (Å²) in [4.78, 5) is 24.1. The number of nitrogens with two attached hydrogens (primary N) is 1. The summed E-state index contributed by atoms with van der Waals surface area (Å²) in [6.07, 6.45) is -2.71. The maximum absolute atomic E-state index is 12.5. The third-order valence-electron chi connectivity index (χ3n) is 3.67. The van der Waals surface area contributed by atoms with Crippen molar-refractivity contribution in [1.29, 1.82) is 0 Å². The number of carbonyl (C=O) groups is 2. The zero-order valence-corrected chi connectivity index (χ0v) is 13.0. The molecule has 0 unspecified atom stereocenters. The zero-order chi connectivity index (χ0) is 17.1. The fourth-order valence-electron chi connectivity index (χ4n) is 2.48. The van der Waals surface area contributed by atoms with Gasteiger partial charge in [0.25, 0.3) is 5.91 Å². The Morgan fingerprint density at radius 1 is 1.00 bits per heavy atom. The van der Waals surface area contributed by atoms with E-state index in [4.69, 9.17) is 19.9 Å². The minimum absolute atomic E-state index is 0.452. The summed E-state index contributed by atoms with van der Waals surface area (Å²) in [7, 11) is 0. The Morgan fingerprint density at radius 3 is 2.21 bits per heavy atom. The second-order valence-electron chi connectivity index (χ2n) is 5.44. The van der Waals surface area contributed by atoms with E-state index in [1.165, 1.54) is 0 Å². The molecule has 2 N–H and O–H groups in total. The van der Waals surface area contributed by atoms with Crippen LogP contribution in [-0.2, 0) is 14.3 Å². The highest BCUT2D eigenvalue weighted by Crippen LogP contribution is 2.34. The lowest BCUT2D eigenvalue weighted by Crippen LogP contribution is -2.45. The molecule has 6 nitrogen and oxygen atoms in total. The number of carbonyl (C=O) groups excluding carboxylic acids is 2. The molecule has 1 aliphatic heterocycles. The molecule has 3 rings (SSSR count). The van der Waals surface area contributed by atoms with E-state index in [1.54, 1.807) is 55.5 Å². The third-order valence-corrected chi connectivity index (χ3v) is 3.67. The first-order chi connectivity index (χ1) is 11.6. The molecular weight excluding hydrogens is 310 g/mol. The second kappa shape index (κ2) is 6.62. The topological polar surface area (TPSA) is 87.8 Å². The summed E-state index contributed by atoms with van der Waals surface area (Å²) < 4.78 is 16.6. The molecule has 1 aliphatic rings. The lowest BCUT2D eigenvalue weighted by Gasteiger charge is -2.31. The number of rotatable bonds is 4. The molecule has 24 heavy (non-hydrogen) atoms. The van der Waals surface area contributed by atoms with Gasteiger partial charge in [0.05, 0.1) is 0 Å². The molecular formula is C18H17NO5. The van der Waals surface area contributed by atoms with Crippen LogP contribution >= 0.6 is 0 Å². The van der Waals surface area contributed by atoms with Crippen LogP contribution in [0.1, 0.15) is 18.6 Å². The van der Waals surface area contributed by atoms with Crippen molar-refractivity contribution in [3.8, 4) is 11.5 Å². The Kier molecular flexibility index (Phi) is 4.37. The molecule has 0 aliphatic carbocycles. The van der Waals surface area contributed by atoms with Gasteiger partial charge in [-0.3, -0.25) is 4.79 Å². The number of hydrogen-bond donors (Lipinski definition) is 1. The highest BCUT2D eigenvalue weighted by Gasteiger charge is 2.37. The molecule has 2 aromatic rings. The van der Waals surface area contributed by atoms with Crippen molar-refractivity contribution in [3.63, 3.8) is 0 Å². The fraction of sp³-hybridized carbons (Fsp3) is 0.222. The summed E-state index contributed by atoms with van der Waals surface area (Å²) in [5.74, 6) is -0.444. The third kappa shape index (κ3) is 3.17. The van der Waals surface area contributed by atoms with Gasteiger partial charge in [-0.1, -0.05) is 42.5 Å². The maximum atomic E-state index is 12.5. The lowest BCUT2D eigenvalue weighted by molar-refractivity contribution is -0.167. The smallest absolute Gasteiger partial charge is 0.352 e. The maximum Gasteiger partial charge on any atom is 0.352 e. The number of primary amides is 1. The average molecular weight is 327 g/mol. The van der Waals surface area contributed by atoms with Gasteiger partial charge < -0.3 is 19.9 Å².